The van der Waals surface area contributed by atoms with Gasteiger partial charge in [-0.25, -0.2) is 4.79 Å². The van der Waals surface area contributed by atoms with Crippen LogP contribution >= 0.6 is 0 Å². The molecule has 0 amide bonds. The molecule has 0 atom stereocenters. The van der Waals surface area contributed by atoms with Gasteiger partial charge in [0.2, 0.25) is 0 Å². The number of hydrogen-bond acceptors (Lipinski definition) is 3. The number of rotatable bonds is 2. The van der Waals surface area contributed by atoms with E-state index in [4.69, 9.17) is 4.74 Å². The zero-order chi connectivity index (χ0) is 13.9. The highest BCUT2D eigenvalue weighted by molar-refractivity contribution is 6.01. The van der Waals surface area contributed by atoms with Crippen molar-refractivity contribution in [1.82, 2.24) is 4.57 Å². The molecule has 1 heterocycles. The minimum absolute atomic E-state index is 0.461. The summed E-state index contributed by atoms with van der Waals surface area (Å²) in [6.07, 6.45) is 1.68. The first kappa shape index (κ1) is 12.2. The average molecular weight is 265 g/mol. The van der Waals surface area contributed by atoms with Crippen molar-refractivity contribution < 1.29 is 14.3 Å². The van der Waals surface area contributed by atoms with Crippen LogP contribution in [-0.2, 0) is 0 Å². The molecule has 20 heavy (non-hydrogen) atoms. The molecule has 0 saturated carbocycles. The van der Waals surface area contributed by atoms with Gasteiger partial charge in [0.1, 0.15) is 5.75 Å². The quantitative estimate of drug-likeness (QED) is 0.666. The summed E-state index contributed by atoms with van der Waals surface area (Å²) < 4.78 is 6.61. The standard InChI is InChI=1S/C16H11NO3/c18-11-12-10-17(15-9-5-4-8-14(12)15)16(19)20-13-6-2-1-3-7-13/h1-11H. The van der Waals surface area contributed by atoms with E-state index < -0.39 is 6.09 Å². The fraction of sp³-hybridized carbons (Fsp3) is 0. The molecule has 0 bridgehead atoms. The first-order valence-electron chi connectivity index (χ1n) is 6.12. The van der Waals surface area contributed by atoms with E-state index in [0.717, 1.165) is 11.7 Å². The zero-order valence-electron chi connectivity index (χ0n) is 10.5. The Kier molecular flexibility index (Phi) is 3.05. The van der Waals surface area contributed by atoms with Crippen LogP contribution in [0.5, 0.6) is 5.75 Å². The third-order valence-electron chi connectivity index (χ3n) is 3.01. The molecule has 0 N–H and O–H groups in total. The summed E-state index contributed by atoms with van der Waals surface area (Å²) in [6.45, 7) is 0. The second kappa shape index (κ2) is 5.01. The molecule has 0 aliphatic heterocycles. The molecule has 3 rings (SSSR count). The molecule has 0 unspecified atom stereocenters. The normalized spacial score (nSPS) is 10.4. The van der Waals surface area contributed by atoms with Gasteiger partial charge in [-0.15, -0.1) is 0 Å². The van der Waals surface area contributed by atoms with Gasteiger partial charge in [-0.05, 0) is 18.2 Å². The van der Waals surface area contributed by atoms with Gasteiger partial charge in [-0.1, -0.05) is 36.4 Å². The van der Waals surface area contributed by atoms with Gasteiger partial charge in [-0.3, -0.25) is 9.36 Å². The summed E-state index contributed by atoms with van der Waals surface area (Å²) in [5, 5.41) is 0.729. The molecule has 2 aromatic carbocycles. The van der Waals surface area contributed by atoms with Crippen molar-refractivity contribution in [3.63, 3.8) is 0 Å². The molecule has 4 nitrogen and oxygen atoms in total. The number of para-hydroxylation sites is 2. The maximum Gasteiger partial charge on any atom is 0.423 e. The zero-order valence-corrected chi connectivity index (χ0v) is 10.5. The smallest absolute Gasteiger partial charge is 0.410 e. The molecule has 0 fully saturated rings. The van der Waals surface area contributed by atoms with Crippen LogP contribution in [0.2, 0.25) is 0 Å². The molecule has 0 aliphatic carbocycles. The number of aldehydes is 1. The molecule has 3 aromatic rings. The van der Waals surface area contributed by atoms with Crippen LogP contribution in [0.3, 0.4) is 0 Å². The van der Waals surface area contributed by atoms with Crippen LogP contribution in [0.4, 0.5) is 4.79 Å². The summed E-state index contributed by atoms with van der Waals surface area (Å²) in [4.78, 5) is 23.2. The number of carbonyl (C=O) groups excluding carboxylic acids is 2. The second-order valence-electron chi connectivity index (χ2n) is 4.27. The third kappa shape index (κ3) is 2.07. The number of benzene rings is 2. The fourth-order valence-corrected chi connectivity index (χ4v) is 2.09. The molecule has 1 aromatic heterocycles. The first-order valence-corrected chi connectivity index (χ1v) is 6.12. The Bertz CT molecular complexity index is 775. The summed E-state index contributed by atoms with van der Waals surface area (Å²) >= 11 is 0. The Morgan fingerprint density at radius 1 is 1.00 bits per heavy atom. The first-order chi connectivity index (χ1) is 9.79. The van der Waals surface area contributed by atoms with Crippen LogP contribution in [0.25, 0.3) is 10.9 Å². The molecule has 98 valence electrons. The Balaban J connectivity index is 2.02. The van der Waals surface area contributed by atoms with E-state index in [0.29, 0.717) is 16.8 Å². The van der Waals surface area contributed by atoms with Gasteiger partial charge in [0.25, 0.3) is 0 Å². The maximum absolute atomic E-state index is 12.2. The van der Waals surface area contributed by atoms with Crippen molar-refractivity contribution in [3.05, 3.63) is 66.4 Å². The highest BCUT2D eigenvalue weighted by Crippen LogP contribution is 2.20. The Morgan fingerprint density at radius 2 is 1.70 bits per heavy atom. The maximum atomic E-state index is 12.2. The van der Waals surface area contributed by atoms with Crippen LogP contribution in [0.15, 0.2) is 60.8 Å². The van der Waals surface area contributed by atoms with Gasteiger partial charge < -0.3 is 4.74 Å². The summed E-state index contributed by atoms with van der Waals surface area (Å²) in [5.74, 6) is 0.461. The molecule has 0 radical (unpaired) electrons. The topological polar surface area (TPSA) is 48.3 Å². The largest absolute Gasteiger partial charge is 0.423 e. The monoisotopic (exact) mass is 265 g/mol. The Labute approximate surface area is 115 Å². The van der Waals surface area contributed by atoms with Gasteiger partial charge >= 0.3 is 6.09 Å². The van der Waals surface area contributed by atoms with Crippen molar-refractivity contribution in [2.75, 3.05) is 0 Å². The van der Waals surface area contributed by atoms with Gasteiger partial charge in [0.05, 0.1) is 5.52 Å². The lowest BCUT2D eigenvalue weighted by molar-refractivity contribution is 0.112. The molecule has 4 heteroatoms. The predicted molar refractivity (Wildman–Crippen MR) is 75.2 cm³/mol. The predicted octanol–water partition coefficient (Wildman–Crippen LogP) is 3.50. The SMILES string of the molecule is O=Cc1cn(C(=O)Oc2ccccc2)c2ccccc12. The number of nitrogens with zero attached hydrogens (tertiary/aromatic N) is 1. The second-order valence-corrected chi connectivity index (χ2v) is 4.27. The number of hydrogen-bond donors (Lipinski definition) is 0. The number of fused-ring (bicyclic) bond motifs is 1. The van der Waals surface area contributed by atoms with Gasteiger partial charge in [0, 0.05) is 17.1 Å². The van der Waals surface area contributed by atoms with Crippen LogP contribution in [-0.4, -0.2) is 16.9 Å². The van der Waals surface area contributed by atoms with Gasteiger partial charge in [-0.2, -0.15) is 0 Å². The van der Waals surface area contributed by atoms with Crippen molar-refractivity contribution in [2.24, 2.45) is 0 Å². The van der Waals surface area contributed by atoms with E-state index >= 15 is 0 Å². The molecule has 0 spiro atoms. The fourth-order valence-electron chi connectivity index (χ4n) is 2.09. The molecule has 0 saturated heterocycles. The van der Waals surface area contributed by atoms with Crippen molar-refractivity contribution in [2.45, 2.75) is 0 Å². The summed E-state index contributed by atoms with van der Waals surface area (Å²) in [6, 6.07) is 16.0. The number of aromatic nitrogens is 1. The average Bonchev–Trinajstić information content (AvgIpc) is 2.87. The van der Waals surface area contributed by atoms with E-state index in [1.165, 1.54) is 10.8 Å². The number of carbonyl (C=O) groups is 2. The van der Waals surface area contributed by atoms with Crippen LogP contribution < -0.4 is 4.74 Å². The highest BCUT2D eigenvalue weighted by Gasteiger charge is 2.14. The van der Waals surface area contributed by atoms with Crippen molar-refractivity contribution in [1.29, 1.82) is 0 Å². The van der Waals surface area contributed by atoms with Crippen LogP contribution in [0.1, 0.15) is 10.4 Å². The lowest BCUT2D eigenvalue weighted by Crippen LogP contribution is -2.15. The van der Waals surface area contributed by atoms with Gasteiger partial charge in [0.15, 0.2) is 6.29 Å². The Hall–Kier alpha value is -2.88. The minimum atomic E-state index is -0.541. The van der Waals surface area contributed by atoms with Crippen molar-refractivity contribution in [3.8, 4) is 5.75 Å². The summed E-state index contributed by atoms with van der Waals surface area (Å²) in [7, 11) is 0. The lowest BCUT2D eigenvalue weighted by Gasteiger charge is -2.05. The molecule has 0 aliphatic rings. The molecular formula is C16H11NO3. The number of ether oxygens (including phenoxy) is 1. The summed E-state index contributed by atoms with van der Waals surface area (Å²) in [5.41, 5.74) is 1.11. The van der Waals surface area contributed by atoms with E-state index in [1.54, 1.807) is 36.4 Å². The highest BCUT2D eigenvalue weighted by atomic mass is 16.6. The van der Waals surface area contributed by atoms with E-state index in [1.807, 2.05) is 18.2 Å². The van der Waals surface area contributed by atoms with Crippen molar-refractivity contribution >= 4 is 23.3 Å². The lowest BCUT2D eigenvalue weighted by atomic mass is 10.2. The van der Waals surface area contributed by atoms with E-state index in [2.05, 4.69) is 0 Å². The Morgan fingerprint density at radius 3 is 2.45 bits per heavy atom. The van der Waals surface area contributed by atoms with Crippen LogP contribution in [0, 0.1) is 0 Å². The molecular weight excluding hydrogens is 254 g/mol. The minimum Gasteiger partial charge on any atom is -0.410 e. The third-order valence-corrected chi connectivity index (χ3v) is 3.01. The van der Waals surface area contributed by atoms with E-state index in [-0.39, 0.29) is 0 Å². The van der Waals surface area contributed by atoms with E-state index in [9.17, 15) is 9.59 Å².